The average molecular weight is 243 g/mol. The summed E-state index contributed by atoms with van der Waals surface area (Å²) < 4.78 is 0. The molecule has 18 heavy (non-hydrogen) atoms. The van der Waals surface area contributed by atoms with E-state index in [1.165, 1.54) is 5.56 Å². The molecule has 1 unspecified atom stereocenters. The number of aromatic nitrogens is 2. The average Bonchev–Trinajstić information content (AvgIpc) is 2.81. The third-order valence-electron chi connectivity index (χ3n) is 3.26. The molecule has 1 atom stereocenters. The number of rotatable bonds is 6. The second kappa shape index (κ2) is 6.36. The Bertz CT molecular complexity index is 462. The van der Waals surface area contributed by atoms with Crippen LogP contribution in [0.3, 0.4) is 0 Å². The molecule has 0 amide bonds. The Morgan fingerprint density at radius 1 is 1.28 bits per heavy atom. The summed E-state index contributed by atoms with van der Waals surface area (Å²) in [5, 5.41) is 3.51. The molecule has 0 aliphatic rings. The Labute approximate surface area is 109 Å². The van der Waals surface area contributed by atoms with Crippen molar-refractivity contribution in [2.75, 3.05) is 0 Å². The number of hydrogen-bond acceptors (Lipinski definition) is 2. The summed E-state index contributed by atoms with van der Waals surface area (Å²) in [6.07, 6.45) is 4.02. The summed E-state index contributed by atoms with van der Waals surface area (Å²) in [5.41, 5.74) is 3.67. The van der Waals surface area contributed by atoms with Gasteiger partial charge < -0.3 is 10.3 Å². The van der Waals surface area contributed by atoms with Crippen LogP contribution in [0.15, 0.2) is 36.7 Å². The number of hydrogen-bond donors (Lipinski definition) is 2. The van der Waals surface area contributed by atoms with Gasteiger partial charge in [0.1, 0.15) is 0 Å². The van der Waals surface area contributed by atoms with Gasteiger partial charge in [0.05, 0.1) is 12.0 Å². The Hall–Kier alpha value is -1.61. The molecule has 0 aliphatic heterocycles. The van der Waals surface area contributed by atoms with E-state index in [1.807, 2.05) is 0 Å². The minimum atomic E-state index is 0.501. The molecule has 0 bridgehead atoms. The molecule has 0 fully saturated rings. The van der Waals surface area contributed by atoms with Gasteiger partial charge in [-0.3, -0.25) is 0 Å². The monoisotopic (exact) mass is 243 g/mol. The van der Waals surface area contributed by atoms with Gasteiger partial charge in [0.15, 0.2) is 0 Å². The summed E-state index contributed by atoms with van der Waals surface area (Å²) in [4.78, 5) is 7.39. The Morgan fingerprint density at radius 3 is 2.72 bits per heavy atom. The molecule has 1 heterocycles. The molecule has 0 saturated carbocycles. The normalized spacial score (nSPS) is 12.6. The summed E-state index contributed by atoms with van der Waals surface area (Å²) in [5.74, 6) is 0. The molecule has 3 nitrogen and oxygen atoms in total. The first-order valence-electron chi connectivity index (χ1n) is 6.52. The van der Waals surface area contributed by atoms with E-state index >= 15 is 0 Å². The van der Waals surface area contributed by atoms with Gasteiger partial charge in [-0.1, -0.05) is 30.3 Å². The fourth-order valence-corrected chi connectivity index (χ4v) is 1.97. The first-order valence-corrected chi connectivity index (χ1v) is 6.52. The summed E-state index contributed by atoms with van der Waals surface area (Å²) >= 11 is 0. The third kappa shape index (κ3) is 3.70. The first kappa shape index (κ1) is 12.8. The van der Waals surface area contributed by atoms with Gasteiger partial charge in [-0.15, -0.1) is 0 Å². The van der Waals surface area contributed by atoms with Crippen molar-refractivity contribution < 1.29 is 0 Å². The summed E-state index contributed by atoms with van der Waals surface area (Å²) in [7, 11) is 0. The zero-order chi connectivity index (χ0) is 12.8. The van der Waals surface area contributed by atoms with Crippen LogP contribution in [-0.2, 0) is 13.0 Å². The van der Waals surface area contributed by atoms with Crippen LogP contribution >= 0.6 is 0 Å². The van der Waals surface area contributed by atoms with E-state index in [-0.39, 0.29) is 0 Å². The van der Waals surface area contributed by atoms with E-state index in [1.54, 1.807) is 6.33 Å². The van der Waals surface area contributed by atoms with Gasteiger partial charge in [-0.05, 0) is 32.3 Å². The highest BCUT2D eigenvalue weighted by Gasteiger charge is 2.05. The number of imidazole rings is 1. The number of aromatic amines is 1. The highest BCUT2D eigenvalue weighted by Crippen LogP contribution is 2.06. The molecule has 2 rings (SSSR count). The molecular formula is C15H21N3. The van der Waals surface area contributed by atoms with Gasteiger partial charge in [0, 0.05) is 18.3 Å². The zero-order valence-corrected chi connectivity index (χ0v) is 11.1. The molecule has 96 valence electrons. The van der Waals surface area contributed by atoms with Crippen molar-refractivity contribution in [3.8, 4) is 0 Å². The van der Waals surface area contributed by atoms with Crippen molar-refractivity contribution in [2.45, 2.75) is 39.3 Å². The van der Waals surface area contributed by atoms with Crippen molar-refractivity contribution in [2.24, 2.45) is 0 Å². The quantitative estimate of drug-likeness (QED) is 0.819. The summed E-state index contributed by atoms with van der Waals surface area (Å²) in [6, 6.07) is 11.1. The minimum absolute atomic E-state index is 0.501. The van der Waals surface area contributed by atoms with Gasteiger partial charge in [-0.2, -0.15) is 0 Å². The number of aryl methyl sites for hydroxylation is 2. The fraction of sp³-hybridized carbons (Fsp3) is 0.400. The topological polar surface area (TPSA) is 40.7 Å². The number of H-pyrrole nitrogens is 1. The number of nitrogens with one attached hydrogen (secondary N) is 2. The third-order valence-corrected chi connectivity index (χ3v) is 3.26. The van der Waals surface area contributed by atoms with E-state index < -0.39 is 0 Å². The molecule has 0 saturated heterocycles. The van der Waals surface area contributed by atoms with Crippen molar-refractivity contribution in [3.05, 3.63) is 53.6 Å². The fourth-order valence-electron chi connectivity index (χ4n) is 1.97. The summed E-state index contributed by atoms with van der Waals surface area (Å²) in [6.45, 7) is 5.12. The number of nitrogens with zero attached hydrogens (tertiary/aromatic N) is 1. The van der Waals surface area contributed by atoms with Gasteiger partial charge in [0.25, 0.3) is 0 Å². The molecule has 0 aliphatic carbocycles. The maximum absolute atomic E-state index is 4.29. The SMILES string of the molecule is Cc1[nH]cnc1CNC(C)CCc1ccccc1. The molecule has 1 aromatic heterocycles. The highest BCUT2D eigenvalue weighted by molar-refractivity contribution is 5.14. The van der Waals surface area contributed by atoms with Crippen LogP contribution < -0.4 is 5.32 Å². The minimum Gasteiger partial charge on any atom is -0.348 e. The standard InChI is InChI=1S/C15H21N3/c1-12(8-9-14-6-4-3-5-7-14)16-10-15-13(2)17-11-18-15/h3-7,11-12,16H,8-10H2,1-2H3,(H,17,18). The van der Waals surface area contributed by atoms with Crippen LogP contribution in [0.5, 0.6) is 0 Å². The Balaban J connectivity index is 1.73. The lowest BCUT2D eigenvalue weighted by molar-refractivity contribution is 0.509. The largest absolute Gasteiger partial charge is 0.348 e. The van der Waals surface area contributed by atoms with Crippen LogP contribution in [0.4, 0.5) is 0 Å². The molecule has 3 heteroatoms. The van der Waals surface area contributed by atoms with Crippen LogP contribution in [-0.4, -0.2) is 16.0 Å². The van der Waals surface area contributed by atoms with Crippen molar-refractivity contribution in [3.63, 3.8) is 0 Å². The molecule has 2 N–H and O–H groups in total. The lowest BCUT2D eigenvalue weighted by atomic mass is 10.1. The molecular weight excluding hydrogens is 222 g/mol. The van der Waals surface area contributed by atoms with E-state index in [0.717, 1.165) is 30.8 Å². The Morgan fingerprint density at radius 2 is 2.06 bits per heavy atom. The second-order valence-corrected chi connectivity index (χ2v) is 4.78. The van der Waals surface area contributed by atoms with E-state index in [0.29, 0.717) is 6.04 Å². The molecule has 0 spiro atoms. The maximum Gasteiger partial charge on any atom is 0.0925 e. The van der Waals surface area contributed by atoms with Crippen molar-refractivity contribution in [1.82, 2.24) is 15.3 Å². The maximum atomic E-state index is 4.29. The predicted octanol–water partition coefficient (Wildman–Crippen LogP) is 2.83. The predicted molar refractivity (Wildman–Crippen MR) is 74.4 cm³/mol. The van der Waals surface area contributed by atoms with Gasteiger partial charge in [-0.25, -0.2) is 4.98 Å². The highest BCUT2D eigenvalue weighted by atomic mass is 15.0. The molecule has 1 aromatic carbocycles. The Kier molecular flexibility index (Phi) is 4.53. The molecule has 0 radical (unpaired) electrons. The van der Waals surface area contributed by atoms with Crippen molar-refractivity contribution in [1.29, 1.82) is 0 Å². The van der Waals surface area contributed by atoms with Gasteiger partial charge in [0.2, 0.25) is 0 Å². The number of benzene rings is 1. The van der Waals surface area contributed by atoms with Crippen LogP contribution in [0.2, 0.25) is 0 Å². The lowest BCUT2D eigenvalue weighted by Crippen LogP contribution is -2.26. The van der Waals surface area contributed by atoms with E-state index in [9.17, 15) is 0 Å². The molecule has 2 aromatic rings. The van der Waals surface area contributed by atoms with Gasteiger partial charge >= 0.3 is 0 Å². The second-order valence-electron chi connectivity index (χ2n) is 4.78. The van der Waals surface area contributed by atoms with Crippen molar-refractivity contribution >= 4 is 0 Å². The van der Waals surface area contributed by atoms with E-state index in [2.05, 4.69) is 59.5 Å². The zero-order valence-electron chi connectivity index (χ0n) is 11.1. The van der Waals surface area contributed by atoms with Crippen LogP contribution in [0.25, 0.3) is 0 Å². The lowest BCUT2D eigenvalue weighted by Gasteiger charge is -2.13. The van der Waals surface area contributed by atoms with E-state index in [4.69, 9.17) is 0 Å². The van der Waals surface area contributed by atoms with Crippen LogP contribution in [0.1, 0.15) is 30.3 Å². The smallest absolute Gasteiger partial charge is 0.0925 e. The van der Waals surface area contributed by atoms with Crippen LogP contribution in [0, 0.1) is 6.92 Å². The first-order chi connectivity index (χ1) is 8.75.